The third kappa shape index (κ3) is 19.2. The molecule has 33 heteroatoms. The van der Waals surface area contributed by atoms with Gasteiger partial charge in [0, 0.05) is 42.4 Å². The number of anilines is 4. The minimum atomic E-state index is -3.91. The van der Waals surface area contributed by atoms with Crippen LogP contribution in [0, 0.1) is 22.7 Å². The molecule has 30 nitrogen and oxygen atoms in total. The molecule has 10 atom stereocenters. The fraction of sp³-hybridized carbons (Fsp3) is 0.583. The summed E-state index contributed by atoms with van der Waals surface area (Å²) >= 11 is 6.33. The summed E-state index contributed by atoms with van der Waals surface area (Å²) in [5.74, 6) is -4.07. The highest BCUT2D eigenvalue weighted by Crippen LogP contribution is 2.48. The number of hydrogen-bond donors (Lipinski definition) is 8. The first-order valence-electron chi connectivity index (χ1n) is 36.1. The van der Waals surface area contributed by atoms with Gasteiger partial charge in [-0.05, 0) is 137 Å². The molecular formula is C72H95ClN14O16S2. The number of carbonyl (C=O) groups excluding carboxylic acids is 8. The van der Waals surface area contributed by atoms with Crippen molar-refractivity contribution in [3.63, 3.8) is 0 Å². The van der Waals surface area contributed by atoms with Gasteiger partial charge in [-0.3, -0.25) is 38.2 Å². The van der Waals surface area contributed by atoms with Crippen LogP contribution in [0.2, 0.25) is 5.15 Å². The molecule has 8 N–H and O–H groups in total. The van der Waals surface area contributed by atoms with E-state index in [1.807, 2.05) is 67.6 Å². The Bertz CT molecular complexity index is 4130. The molecule has 12 rings (SSSR count). The molecule has 0 radical (unpaired) electrons. The number of alkyl carbamates (subject to hydrolysis) is 2. The number of nitrogens with zero attached hydrogens (tertiary/aromatic N) is 6. The Kier molecular flexibility index (Phi) is 23.3. The van der Waals surface area contributed by atoms with Crippen molar-refractivity contribution in [2.75, 3.05) is 23.7 Å². The van der Waals surface area contributed by atoms with Crippen LogP contribution in [0.3, 0.4) is 0 Å². The molecule has 0 bridgehead atoms. The largest absolute Gasteiger partial charge is 0.458 e. The fourth-order valence-corrected chi connectivity index (χ4v) is 16.8. The third-order valence-corrected chi connectivity index (χ3v) is 24.2. The summed E-state index contributed by atoms with van der Waals surface area (Å²) in [4.78, 5) is 130. The van der Waals surface area contributed by atoms with Crippen molar-refractivity contribution in [2.45, 2.75) is 228 Å². The highest BCUT2D eigenvalue weighted by molar-refractivity contribution is 7.91. The number of hydrogen-bond acceptors (Lipinski definition) is 22. The second-order valence-electron chi connectivity index (χ2n) is 30.7. The molecule has 0 spiro atoms. The van der Waals surface area contributed by atoms with Gasteiger partial charge in [-0.15, -0.1) is 6.58 Å². The summed E-state index contributed by atoms with van der Waals surface area (Å²) in [7, 11) is -7.77. The van der Waals surface area contributed by atoms with Crippen molar-refractivity contribution in [1.82, 2.24) is 60.4 Å². The van der Waals surface area contributed by atoms with Gasteiger partial charge in [0.15, 0.2) is 0 Å². The molecular weight excluding hydrogens is 1420 g/mol. The Balaban J connectivity index is 0.000000210. The van der Waals surface area contributed by atoms with Crippen molar-refractivity contribution in [1.29, 1.82) is 0 Å². The molecule has 8 fully saturated rings. The molecule has 0 unspecified atom stereocenters. The lowest BCUT2D eigenvalue weighted by molar-refractivity contribution is -0.143. The van der Waals surface area contributed by atoms with Gasteiger partial charge in [-0.25, -0.2) is 31.4 Å². The summed E-state index contributed by atoms with van der Waals surface area (Å²) < 4.78 is 78.6. The number of amides is 8. The van der Waals surface area contributed by atoms with Gasteiger partial charge in [-0.2, -0.15) is 15.0 Å². The Morgan fingerprint density at radius 2 is 1.03 bits per heavy atom. The lowest BCUT2D eigenvalue weighted by atomic mass is 9.85. The minimum Gasteiger partial charge on any atom is -0.458 e. The zero-order valence-corrected chi connectivity index (χ0v) is 62.5. The van der Waals surface area contributed by atoms with E-state index in [1.165, 1.54) is 28.1 Å². The second-order valence-corrected chi connectivity index (χ2v) is 35.0. The van der Waals surface area contributed by atoms with E-state index in [4.69, 9.17) is 30.5 Å². The smallest absolute Gasteiger partial charge is 0.408 e. The van der Waals surface area contributed by atoms with E-state index in [0.29, 0.717) is 43.7 Å². The molecule has 6 saturated carbocycles. The third-order valence-electron chi connectivity index (χ3n) is 20.3. The molecule has 8 aliphatic rings. The van der Waals surface area contributed by atoms with Crippen LogP contribution < -0.4 is 50.8 Å². The Morgan fingerprint density at radius 1 is 0.590 bits per heavy atom. The van der Waals surface area contributed by atoms with Crippen molar-refractivity contribution in [3.05, 3.63) is 96.8 Å². The number of halogens is 1. The van der Waals surface area contributed by atoms with Gasteiger partial charge < -0.3 is 60.6 Å². The van der Waals surface area contributed by atoms with Crippen LogP contribution >= 0.6 is 11.6 Å². The van der Waals surface area contributed by atoms with E-state index in [-0.39, 0.29) is 74.1 Å². The van der Waals surface area contributed by atoms with Crippen molar-refractivity contribution >= 4 is 102 Å². The maximum Gasteiger partial charge on any atom is 0.408 e. The van der Waals surface area contributed by atoms with Gasteiger partial charge in [-0.1, -0.05) is 109 Å². The summed E-state index contributed by atoms with van der Waals surface area (Å²) in [5, 5.41) is 16.3. The fourth-order valence-electron chi connectivity index (χ4n) is 13.9. The van der Waals surface area contributed by atoms with Gasteiger partial charge >= 0.3 is 24.2 Å². The Hall–Kier alpha value is -8.91. The van der Waals surface area contributed by atoms with E-state index >= 15 is 0 Å². The normalized spacial score (nSPS) is 25.0. The van der Waals surface area contributed by atoms with E-state index in [2.05, 4.69) is 67.9 Å². The summed E-state index contributed by atoms with van der Waals surface area (Å²) in [6.07, 6.45) is 9.13. The molecule has 4 heterocycles. The van der Waals surface area contributed by atoms with Crippen LogP contribution in [0.25, 0.3) is 0 Å². The number of nitrogens with one attached hydrogen (secondary N) is 8. The number of aromatic nitrogens is 4. The summed E-state index contributed by atoms with van der Waals surface area (Å²) in [6.45, 7) is 16.2. The molecule has 8 amide bonds. The van der Waals surface area contributed by atoms with Crippen molar-refractivity contribution < 1.29 is 74.1 Å². The number of likely N-dealkylation sites (tertiary alicyclic amines) is 2. The van der Waals surface area contributed by atoms with E-state index in [1.54, 1.807) is 47.6 Å². The van der Waals surface area contributed by atoms with Crippen LogP contribution in [0.5, 0.6) is 12.0 Å². The maximum absolute atomic E-state index is 14.5. The van der Waals surface area contributed by atoms with Crippen LogP contribution in [0.15, 0.2) is 91.6 Å². The predicted molar refractivity (Wildman–Crippen MR) is 386 cm³/mol. The zero-order valence-electron chi connectivity index (χ0n) is 60.1. The van der Waals surface area contributed by atoms with Gasteiger partial charge in [0.25, 0.3) is 11.8 Å². The number of ether oxygens (including phenoxy) is 4. The summed E-state index contributed by atoms with van der Waals surface area (Å²) in [5.41, 5.74) is -3.06. The molecule has 105 heavy (non-hydrogen) atoms. The first-order chi connectivity index (χ1) is 49.8. The van der Waals surface area contributed by atoms with Gasteiger partial charge in [0.2, 0.25) is 43.7 Å². The standard InChI is InChI=1S/C36H46ClN7O8S.C36H49N7O8S/c1-5-21-19-36(21,32(47)43-53(49,50)25-15-16-25)42-30(45)26-17-24(51-33-39-27(37)18-28(40-33)38-22-11-7-6-8-12-22)20-44(26)31(46)29(35(2,3)4)41-34(48)52-23-13-9-10-14-23;1-5-22-20-36(22,32(46)42-52(48,49)26-15-16-26)41-30(44)27-19-25(50-33-37-18-17-28(39-33)38-23-11-7-6-8-12-23)21-43(27)31(45)29(35(2,3)4)40-34(47)51-24-13-9-10-14-24/h5-8,11-12,18,21,23-26,29H,1,9-10,13-17,19-20H2,2-4H3,(H,41,48)(H,42,45)(H,43,47)(H,38,39,40);6-8,11-12,17-18,22,24-27,29H,5,9-10,13-16,19-21H2,1-4H3,(H,40,47)(H,41,44)(H,42,46)(H,37,38,39)/t21-,24-,26+,29-,36-;22-,25-,27+,29-,36-/m11/s1. The number of benzene rings is 2. The average molecular weight is 1510 g/mol. The van der Waals surface area contributed by atoms with E-state index in [0.717, 1.165) is 62.7 Å². The van der Waals surface area contributed by atoms with Crippen LogP contribution in [0.1, 0.15) is 158 Å². The Morgan fingerprint density at radius 3 is 1.46 bits per heavy atom. The molecule has 2 aromatic heterocycles. The first kappa shape index (κ1) is 77.2. The molecule has 2 aromatic carbocycles. The van der Waals surface area contributed by atoms with Gasteiger partial charge in [0.05, 0.1) is 23.6 Å². The van der Waals surface area contributed by atoms with Crippen LogP contribution in [0.4, 0.5) is 32.6 Å². The highest BCUT2D eigenvalue weighted by Gasteiger charge is 2.64. The SMILES string of the molecule is C=C[C@@H]1C[C@]1(NC(=O)[C@@H]1C[C@@H](Oc2nc(Cl)cc(Nc3ccccc3)n2)CN1C(=O)[C@@H](NC(=O)OC1CCCC1)C(C)(C)C)C(=O)NS(=O)(=O)C1CC1.CC[C@@H]1C[C@]1(NC(=O)[C@@H]1C[C@@H](Oc2nccc(Nc3ccccc3)n2)CN1C(=O)[C@@H](NC(=O)OC1CCCC1)C(C)(C)C)C(=O)NS(=O)(=O)C1CC1. The van der Waals surface area contributed by atoms with E-state index < -0.39 is 142 Å². The molecule has 568 valence electrons. The molecule has 2 aliphatic heterocycles. The highest BCUT2D eigenvalue weighted by atomic mass is 35.5. The lowest BCUT2D eigenvalue weighted by Crippen LogP contribution is -2.60. The number of rotatable bonds is 26. The summed E-state index contributed by atoms with van der Waals surface area (Å²) in [6, 6.07) is 17.3. The maximum atomic E-state index is 14.5. The second kappa shape index (κ2) is 31.6. The van der Waals surface area contributed by atoms with Gasteiger partial charge in [0.1, 0.15) is 76.4 Å². The molecule has 4 aromatic rings. The van der Waals surface area contributed by atoms with E-state index in [9.17, 15) is 55.2 Å². The average Bonchev–Trinajstić information content (AvgIpc) is 1.57. The minimum absolute atomic E-state index is 0.0233. The number of sulfonamides is 2. The quantitative estimate of drug-likeness (QED) is 0.0222. The molecule has 2 saturated heterocycles. The molecule has 6 aliphatic carbocycles. The topological polar surface area (TPSA) is 396 Å². The number of para-hydroxylation sites is 2. The van der Waals surface area contributed by atoms with Crippen molar-refractivity contribution in [2.24, 2.45) is 22.7 Å². The monoisotopic (exact) mass is 1510 g/mol. The van der Waals surface area contributed by atoms with Crippen molar-refractivity contribution in [3.8, 4) is 12.0 Å². The number of carbonyl (C=O) groups is 8. The zero-order chi connectivity index (χ0) is 75.4. The van der Waals surface area contributed by atoms with Crippen LogP contribution in [-0.4, -0.2) is 177 Å². The predicted octanol–water partition coefficient (Wildman–Crippen LogP) is 7.52. The lowest BCUT2D eigenvalue weighted by Gasteiger charge is -2.35. The first-order valence-corrected chi connectivity index (χ1v) is 39.5. The Labute approximate surface area is 616 Å². The van der Waals surface area contributed by atoms with Crippen LogP contribution in [-0.2, 0) is 58.3 Å².